The molecule has 1 fully saturated rings. The van der Waals surface area contributed by atoms with E-state index in [-0.39, 0.29) is 24.5 Å². The van der Waals surface area contributed by atoms with Crippen molar-refractivity contribution in [2.45, 2.75) is 18.9 Å². The molecule has 29 heavy (non-hydrogen) atoms. The van der Waals surface area contributed by atoms with Crippen LogP contribution < -0.4 is 15.5 Å². The highest BCUT2D eigenvalue weighted by molar-refractivity contribution is 9.10. The lowest BCUT2D eigenvalue weighted by atomic mass is 10.2. The predicted octanol–water partition coefficient (Wildman–Crippen LogP) is 2.89. The van der Waals surface area contributed by atoms with E-state index in [4.69, 9.17) is 9.47 Å². The van der Waals surface area contributed by atoms with Crippen LogP contribution in [0.5, 0.6) is 5.75 Å². The van der Waals surface area contributed by atoms with Crippen LogP contribution in [0.2, 0.25) is 0 Å². The molecule has 1 atom stereocenters. The van der Waals surface area contributed by atoms with Gasteiger partial charge in [-0.2, -0.15) is 5.10 Å². The summed E-state index contributed by atoms with van der Waals surface area (Å²) in [5.41, 5.74) is 3.79. The Morgan fingerprint density at radius 3 is 2.62 bits per heavy atom. The van der Waals surface area contributed by atoms with Crippen LogP contribution in [0.15, 0.2) is 58.1 Å². The normalized spacial score (nSPS) is 16.0. The zero-order chi connectivity index (χ0) is 20.5. The second-order valence-electron chi connectivity index (χ2n) is 6.50. The molecule has 2 aromatic carbocycles. The van der Waals surface area contributed by atoms with Gasteiger partial charge in [-0.25, -0.2) is 5.43 Å². The number of benzene rings is 2. The van der Waals surface area contributed by atoms with Crippen molar-refractivity contribution in [3.05, 3.63) is 64.1 Å². The van der Waals surface area contributed by atoms with E-state index in [2.05, 4.69) is 31.8 Å². The lowest BCUT2D eigenvalue weighted by Gasteiger charge is -2.11. The van der Waals surface area contributed by atoms with Crippen LogP contribution in [0, 0.1) is 0 Å². The number of hydrogen-bond donors (Lipinski definition) is 2. The van der Waals surface area contributed by atoms with Crippen molar-refractivity contribution in [1.29, 1.82) is 0 Å². The van der Waals surface area contributed by atoms with E-state index in [9.17, 15) is 9.59 Å². The number of carbonyl (C=O) groups is 2. The lowest BCUT2D eigenvalue weighted by Crippen LogP contribution is -2.35. The van der Waals surface area contributed by atoms with Gasteiger partial charge in [0.05, 0.1) is 12.3 Å². The standard InChI is InChI=1S/C21H22BrN3O4/c22-17-7-5-16(6-8-17)21(27)25-24-12-15-3-9-18(10-4-15)29-14-20(26)23-13-19-2-1-11-28-19/h3-10,12,19H,1-2,11,13-14H2,(H,23,26)(H,25,27). The largest absolute Gasteiger partial charge is 0.484 e. The Balaban J connectivity index is 1.39. The molecule has 7 nitrogen and oxygen atoms in total. The molecule has 2 amide bonds. The molecule has 0 spiro atoms. The van der Waals surface area contributed by atoms with Crippen LogP contribution in [0.3, 0.4) is 0 Å². The lowest BCUT2D eigenvalue weighted by molar-refractivity contribution is -0.123. The summed E-state index contributed by atoms with van der Waals surface area (Å²) in [5.74, 6) is 0.109. The number of nitrogens with zero attached hydrogens (tertiary/aromatic N) is 1. The monoisotopic (exact) mass is 459 g/mol. The molecule has 8 heteroatoms. The van der Waals surface area contributed by atoms with Gasteiger partial charge in [-0.15, -0.1) is 0 Å². The molecule has 0 aromatic heterocycles. The van der Waals surface area contributed by atoms with Gasteiger partial charge in [0.1, 0.15) is 5.75 Å². The number of rotatable bonds is 8. The van der Waals surface area contributed by atoms with Crippen molar-refractivity contribution in [2.75, 3.05) is 19.8 Å². The van der Waals surface area contributed by atoms with Gasteiger partial charge in [0.2, 0.25) is 0 Å². The maximum Gasteiger partial charge on any atom is 0.271 e. The van der Waals surface area contributed by atoms with Crippen molar-refractivity contribution in [3.63, 3.8) is 0 Å². The molecule has 152 valence electrons. The smallest absolute Gasteiger partial charge is 0.271 e. The Hall–Kier alpha value is -2.71. The minimum absolute atomic E-state index is 0.0522. The molecular formula is C21H22BrN3O4. The van der Waals surface area contributed by atoms with Gasteiger partial charge in [0, 0.05) is 23.2 Å². The Morgan fingerprint density at radius 1 is 1.17 bits per heavy atom. The molecule has 1 aliphatic heterocycles. The molecule has 2 N–H and O–H groups in total. The van der Waals surface area contributed by atoms with E-state index in [0.717, 1.165) is 29.5 Å². The fraction of sp³-hybridized carbons (Fsp3) is 0.286. The number of carbonyl (C=O) groups excluding carboxylic acids is 2. The Labute approximate surface area is 177 Å². The molecule has 0 saturated carbocycles. The van der Waals surface area contributed by atoms with Crippen molar-refractivity contribution in [1.82, 2.24) is 10.7 Å². The highest BCUT2D eigenvalue weighted by Gasteiger charge is 2.16. The van der Waals surface area contributed by atoms with Crippen LogP contribution in [-0.4, -0.2) is 43.9 Å². The zero-order valence-electron chi connectivity index (χ0n) is 15.8. The highest BCUT2D eigenvalue weighted by Crippen LogP contribution is 2.12. The van der Waals surface area contributed by atoms with Crippen molar-refractivity contribution in [2.24, 2.45) is 5.10 Å². The molecule has 2 aromatic rings. The molecule has 0 aliphatic carbocycles. The van der Waals surface area contributed by atoms with Crippen LogP contribution in [-0.2, 0) is 9.53 Å². The summed E-state index contributed by atoms with van der Waals surface area (Å²) < 4.78 is 11.8. The van der Waals surface area contributed by atoms with Gasteiger partial charge in [0.25, 0.3) is 11.8 Å². The van der Waals surface area contributed by atoms with Gasteiger partial charge >= 0.3 is 0 Å². The number of halogens is 1. The molecule has 1 saturated heterocycles. The topological polar surface area (TPSA) is 89.0 Å². The Morgan fingerprint density at radius 2 is 1.93 bits per heavy atom. The fourth-order valence-corrected chi connectivity index (χ4v) is 2.98. The summed E-state index contributed by atoms with van der Waals surface area (Å²) in [6.07, 6.45) is 3.67. The maximum atomic E-state index is 12.0. The first-order chi connectivity index (χ1) is 14.1. The summed E-state index contributed by atoms with van der Waals surface area (Å²) in [5, 5.41) is 6.76. The molecular weight excluding hydrogens is 438 g/mol. The first-order valence-electron chi connectivity index (χ1n) is 9.30. The second kappa shape index (κ2) is 10.7. The van der Waals surface area contributed by atoms with Gasteiger partial charge in [-0.3, -0.25) is 9.59 Å². The van der Waals surface area contributed by atoms with E-state index in [1.165, 1.54) is 6.21 Å². The summed E-state index contributed by atoms with van der Waals surface area (Å²) in [7, 11) is 0. The Bertz CT molecular complexity index is 847. The summed E-state index contributed by atoms with van der Waals surface area (Å²) >= 11 is 3.33. The second-order valence-corrected chi connectivity index (χ2v) is 7.42. The van der Waals surface area contributed by atoms with Crippen molar-refractivity contribution >= 4 is 34.0 Å². The third-order valence-electron chi connectivity index (χ3n) is 4.29. The predicted molar refractivity (Wildman–Crippen MR) is 113 cm³/mol. The van der Waals surface area contributed by atoms with E-state index in [0.29, 0.717) is 17.9 Å². The molecule has 1 heterocycles. The zero-order valence-corrected chi connectivity index (χ0v) is 17.4. The molecule has 0 radical (unpaired) electrons. The molecule has 1 unspecified atom stereocenters. The van der Waals surface area contributed by atoms with Crippen LogP contribution in [0.4, 0.5) is 0 Å². The third kappa shape index (κ3) is 6.99. The SMILES string of the molecule is O=C(COc1ccc(C=NNC(=O)c2ccc(Br)cc2)cc1)NCC1CCCO1. The van der Waals surface area contributed by atoms with Gasteiger partial charge in [-0.05, 0) is 66.9 Å². The number of hydrazone groups is 1. The van der Waals surface area contributed by atoms with E-state index in [1.54, 1.807) is 48.5 Å². The van der Waals surface area contributed by atoms with Crippen LogP contribution in [0.1, 0.15) is 28.8 Å². The summed E-state index contributed by atoms with van der Waals surface area (Å²) in [4.78, 5) is 23.8. The van der Waals surface area contributed by atoms with Crippen LogP contribution in [0.25, 0.3) is 0 Å². The van der Waals surface area contributed by atoms with Gasteiger partial charge in [-0.1, -0.05) is 15.9 Å². The number of amides is 2. The summed E-state index contributed by atoms with van der Waals surface area (Å²) in [6, 6.07) is 14.1. The number of ether oxygens (including phenoxy) is 2. The quantitative estimate of drug-likeness (QED) is 0.469. The van der Waals surface area contributed by atoms with E-state index in [1.807, 2.05) is 0 Å². The molecule has 3 rings (SSSR count). The summed E-state index contributed by atoms with van der Waals surface area (Å²) in [6.45, 7) is 1.23. The van der Waals surface area contributed by atoms with Crippen molar-refractivity contribution < 1.29 is 19.1 Å². The van der Waals surface area contributed by atoms with Gasteiger partial charge < -0.3 is 14.8 Å². The minimum Gasteiger partial charge on any atom is -0.484 e. The molecule has 1 aliphatic rings. The Kier molecular flexibility index (Phi) is 7.77. The fourth-order valence-electron chi connectivity index (χ4n) is 2.71. The number of hydrogen-bond acceptors (Lipinski definition) is 5. The first-order valence-corrected chi connectivity index (χ1v) is 10.1. The first kappa shape index (κ1) is 21.0. The number of nitrogens with one attached hydrogen (secondary N) is 2. The van der Waals surface area contributed by atoms with E-state index >= 15 is 0 Å². The average molecular weight is 460 g/mol. The maximum absolute atomic E-state index is 12.0. The third-order valence-corrected chi connectivity index (χ3v) is 4.82. The van der Waals surface area contributed by atoms with Crippen LogP contribution >= 0.6 is 15.9 Å². The highest BCUT2D eigenvalue weighted by atomic mass is 79.9. The molecule has 0 bridgehead atoms. The average Bonchev–Trinajstić information content (AvgIpc) is 3.26. The van der Waals surface area contributed by atoms with Crippen molar-refractivity contribution in [3.8, 4) is 5.75 Å². The minimum atomic E-state index is -0.289. The van der Waals surface area contributed by atoms with Gasteiger partial charge in [0.15, 0.2) is 6.61 Å². The van der Waals surface area contributed by atoms with E-state index < -0.39 is 0 Å².